The van der Waals surface area contributed by atoms with Crippen LogP contribution in [0.3, 0.4) is 0 Å². The van der Waals surface area contributed by atoms with E-state index in [2.05, 4.69) is 34.2 Å². The molecular formula is C11H21N5O. The maximum Gasteiger partial charge on any atom is 0.311 e. The van der Waals surface area contributed by atoms with Gasteiger partial charge in [0, 0.05) is 32.4 Å². The molecule has 6 heteroatoms. The van der Waals surface area contributed by atoms with Gasteiger partial charge < -0.3 is 10.2 Å². The fourth-order valence-electron chi connectivity index (χ4n) is 0.828. The van der Waals surface area contributed by atoms with E-state index in [9.17, 15) is 0 Å². The molecule has 0 saturated heterocycles. The van der Waals surface area contributed by atoms with Crippen LogP contribution in [0.1, 0.15) is 20.8 Å². The fraction of sp³-hybridized carbons (Fsp3) is 0.455. The topological polar surface area (TPSA) is 61.2 Å². The normalized spacial score (nSPS) is 12.1. The van der Waals surface area contributed by atoms with Crippen LogP contribution in [0.25, 0.3) is 0 Å². The number of hydrogen-bond acceptors (Lipinski definition) is 5. The van der Waals surface area contributed by atoms with Crippen LogP contribution in [0.15, 0.2) is 35.3 Å². The Kier molecular flexibility index (Phi) is 6.47. The third kappa shape index (κ3) is 7.89. The van der Waals surface area contributed by atoms with Gasteiger partial charge in [0.1, 0.15) is 5.60 Å². The number of rotatable bonds is 5. The molecular weight excluding hydrogens is 218 g/mol. The van der Waals surface area contributed by atoms with Gasteiger partial charge in [0.05, 0.1) is 0 Å². The first-order chi connectivity index (χ1) is 7.90. The molecule has 0 aromatic rings. The van der Waals surface area contributed by atoms with Crippen molar-refractivity contribution >= 4 is 12.7 Å². The summed E-state index contributed by atoms with van der Waals surface area (Å²) >= 11 is 0. The second-order valence-electron chi connectivity index (χ2n) is 4.12. The summed E-state index contributed by atoms with van der Waals surface area (Å²) in [7, 11) is 1.78. The molecule has 0 atom stereocenters. The number of aliphatic imine (C=N–C) groups is 1. The van der Waals surface area contributed by atoms with Crippen LogP contribution in [0.4, 0.5) is 0 Å². The molecule has 0 unspecified atom stereocenters. The van der Waals surface area contributed by atoms with Crippen LogP contribution in [-0.2, 0) is 4.74 Å². The molecule has 96 valence electrons. The first-order valence-corrected chi connectivity index (χ1v) is 5.14. The van der Waals surface area contributed by atoms with Crippen molar-refractivity contribution in [3.05, 3.63) is 25.2 Å². The summed E-state index contributed by atoms with van der Waals surface area (Å²) in [6, 6.07) is 0.420. The quantitative estimate of drug-likeness (QED) is 0.432. The van der Waals surface area contributed by atoms with Crippen molar-refractivity contribution in [3.8, 4) is 0 Å². The smallest absolute Gasteiger partial charge is 0.311 e. The molecule has 0 amide bonds. The minimum atomic E-state index is -0.331. The second kappa shape index (κ2) is 7.32. The second-order valence-corrected chi connectivity index (χ2v) is 4.12. The maximum atomic E-state index is 5.65. The number of hydrogen-bond donors (Lipinski definition) is 2. The number of nitrogens with zero attached hydrogens (tertiary/aromatic N) is 3. The third-order valence-electron chi connectivity index (χ3n) is 1.40. The van der Waals surface area contributed by atoms with Gasteiger partial charge in [-0.3, -0.25) is 5.43 Å². The van der Waals surface area contributed by atoms with Crippen LogP contribution in [0.5, 0.6) is 0 Å². The highest BCUT2D eigenvalue weighted by atomic mass is 16.5. The average Bonchev–Trinajstić information content (AvgIpc) is 2.21. The number of amidine groups is 1. The Morgan fingerprint density at radius 3 is 2.47 bits per heavy atom. The zero-order valence-corrected chi connectivity index (χ0v) is 10.9. The monoisotopic (exact) mass is 239 g/mol. The highest BCUT2D eigenvalue weighted by molar-refractivity contribution is 5.74. The number of hydrazone groups is 1. The summed E-state index contributed by atoms with van der Waals surface area (Å²) in [6.07, 6.45) is 4.65. The van der Waals surface area contributed by atoms with Gasteiger partial charge in [-0.25, -0.2) is 10.0 Å². The lowest BCUT2D eigenvalue weighted by Crippen LogP contribution is -2.41. The van der Waals surface area contributed by atoms with Crippen LogP contribution in [0.2, 0.25) is 0 Å². The van der Waals surface area contributed by atoms with Crippen LogP contribution >= 0.6 is 0 Å². The van der Waals surface area contributed by atoms with Crippen molar-refractivity contribution in [2.45, 2.75) is 26.4 Å². The predicted molar refractivity (Wildman–Crippen MR) is 71.2 cm³/mol. The molecule has 0 rings (SSSR count). The van der Waals surface area contributed by atoms with Gasteiger partial charge in [0.15, 0.2) is 0 Å². The van der Waals surface area contributed by atoms with E-state index in [-0.39, 0.29) is 5.60 Å². The highest BCUT2D eigenvalue weighted by Crippen LogP contribution is 2.08. The molecule has 0 aliphatic carbocycles. The van der Waals surface area contributed by atoms with Crippen molar-refractivity contribution < 1.29 is 4.74 Å². The molecule has 0 aliphatic rings. The minimum absolute atomic E-state index is 0.331. The first kappa shape index (κ1) is 15.0. The Morgan fingerprint density at radius 2 is 2.00 bits per heavy atom. The van der Waals surface area contributed by atoms with Crippen molar-refractivity contribution in [1.82, 2.24) is 15.9 Å². The van der Waals surface area contributed by atoms with E-state index in [1.165, 1.54) is 6.20 Å². The SMILES string of the molecule is C=CN=C(OC(C)(C)C)N(C)N/C=C\NN=C. The van der Waals surface area contributed by atoms with E-state index >= 15 is 0 Å². The molecule has 0 bridgehead atoms. The Bertz CT molecular complexity index is 303. The van der Waals surface area contributed by atoms with E-state index < -0.39 is 0 Å². The Balaban J connectivity index is 4.45. The number of nitrogens with one attached hydrogen (secondary N) is 2. The van der Waals surface area contributed by atoms with Crippen LogP contribution in [0, 0.1) is 0 Å². The number of hydrazine groups is 1. The molecule has 17 heavy (non-hydrogen) atoms. The third-order valence-corrected chi connectivity index (χ3v) is 1.40. The van der Waals surface area contributed by atoms with Crippen molar-refractivity contribution in [2.75, 3.05) is 7.05 Å². The first-order valence-electron chi connectivity index (χ1n) is 5.14. The van der Waals surface area contributed by atoms with E-state index in [0.717, 1.165) is 0 Å². The summed E-state index contributed by atoms with van der Waals surface area (Å²) in [5.74, 6) is 0. The summed E-state index contributed by atoms with van der Waals surface area (Å²) in [6.45, 7) is 12.7. The Morgan fingerprint density at radius 1 is 1.35 bits per heavy atom. The molecule has 0 aliphatic heterocycles. The van der Waals surface area contributed by atoms with Crippen LogP contribution < -0.4 is 10.9 Å². The maximum absolute atomic E-state index is 5.65. The van der Waals surface area contributed by atoms with E-state index in [0.29, 0.717) is 6.02 Å². The summed E-state index contributed by atoms with van der Waals surface area (Å²) in [5.41, 5.74) is 5.16. The Hall–Kier alpha value is -1.98. The minimum Gasteiger partial charge on any atom is -0.458 e. The van der Waals surface area contributed by atoms with E-state index in [4.69, 9.17) is 4.74 Å². The largest absolute Gasteiger partial charge is 0.458 e. The molecule has 0 spiro atoms. The molecule has 0 aromatic carbocycles. The fourth-order valence-corrected chi connectivity index (χ4v) is 0.828. The number of ether oxygens (including phenoxy) is 1. The zero-order valence-electron chi connectivity index (χ0n) is 10.9. The van der Waals surface area contributed by atoms with Gasteiger partial charge in [-0.1, -0.05) is 6.58 Å². The molecule has 6 nitrogen and oxygen atoms in total. The van der Waals surface area contributed by atoms with Gasteiger partial charge in [-0.15, -0.1) is 0 Å². The molecule has 0 aromatic heterocycles. The van der Waals surface area contributed by atoms with Crippen molar-refractivity contribution in [1.29, 1.82) is 0 Å². The summed E-state index contributed by atoms with van der Waals surface area (Å²) < 4.78 is 5.65. The van der Waals surface area contributed by atoms with E-state index in [1.807, 2.05) is 20.8 Å². The lowest BCUT2D eigenvalue weighted by Gasteiger charge is -2.27. The van der Waals surface area contributed by atoms with Gasteiger partial charge in [-0.05, 0) is 20.8 Å². The molecule has 2 N–H and O–H groups in total. The summed E-state index contributed by atoms with van der Waals surface area (Å²) in [4.78, 5) is 4.04. The van der Waals surface area contributed by atoms with Gasteiger partial charge in [0.2, 0.25) is 0 Å². The highest BCUT2D eigenvalue weighted by Gasteiger charge is 2.17. The van der Waals surface area contributed by atoms with E-state index in [1.54, 1.807) is 24.5 Å². The average molecular weight is 239 g/mol. The van der Waals surface area contributed by atoms with Crippen molar-refractivity contribution in [2.24, 2.45) is 10.1 Å². The Labute approximate surface area is 103 Å². The lowest BCUT2D eigenvalue weighted by atomic mass is 10.2. The van der Waals surface area contributed by atoms with Crippen LogP contribution in [-0.4, -0.2) is 30.4 Å². The van der Waals surface area contributed by atoms with Gasteiger partial charge >= 0.3 is 6.02 Å². The molecule has 0 fully saturated rings. The summed E-state index contributed by atoms with van der Waals surface area (Å²) in [5, 5.41) is 5.07. The molecule has 0 radical (unpaired) electrons. The van der Waals surface area contributed by atoms with Gasteiger partial charge in [-0.2, -0.15) is 5.10 Å². The predicted octanol–water partition coefficient (Wildman–Crippen LogP) is 1.41. The standard InChI is InChI=1S/C11H21N5O/c1-7-13-10(17-11(2,3)4)16(6)15-9-8-14-12-5/h7-9,14-15H,1,5H2,2-4,6H3/b9-8-,13-10?. The zero-order chi connectivity index (χ0) is 13.3. The lowest BCUT2D eigenvalue weighted by molar-refractivity contribution is 0.0858. The molecule has 0 saturated carbocycles. The van der Waals surface area contributed by atoms with Crippen molar-refractivity contribution in [3.63, 3.8) is 0 Å². The molecule has 0 heterocycles. The van der Waals surface area contributed by atoms with Gasteiger partial charge in [0.25, 0.3) is 0 Å².